The molecule has 0 amide bonds. The summed E-state index contributed by atoms with van der Waals surface area (Å²) in [4.78, 5) is 30.0. The molecule has 11 nitrogen and oxygen atoms in total. The van der Waals surface area contributed by atoms with Crippen LogP contribution in [0.15, 0.2) is 53.6 Å². The first kappa shape index (κ1) is 23.5. The Balaban J connectivity index is 1.35. The predicted octanol–water partition coefficient (Wildman–Crippen LogP) is 3.21. The molecular weight excluding hydrogens is 487 g/mol. The van der Waals surface area contributed by atoms with Crippen LogP contribution in [0.4, 0.5) is 33.3 Å². The predicted molar refractivity (Wildman–Crippen MR) is 137 cm³/mol. The van der Waals surface area contributed by atoms with Crippen molar-refractivity contribution in [3.05, 3.63) is 65.0 Å². The zero-order valence-corrected chi connectivity index (χ0v) is 20.1. The van der Waals surface area contributed by atoms with Crippen molar-refractivity contribution in [1.29, 1.82) is 4.78 Å². The number of fused-ring (bicyclic) bond motifs is 1. The van der Waals surface area contributed by atoms with Gasteiger partial charge < -0.3 is 25.3 Å². The highest BCUT2D eigenvalue weighted by Gasteiger charge is 2.23. The summed E-state index contributed by atoms with van der Waals surface area (Å²) in [6.07, 6.45) is 3.13. The van der Waals surface area contributed by atoms with Gasteiger partial charge in [0.2, 0.25) is 5.95 Å². The summed E-state index contributed by atoms with van der Waals surface area (Å²) in [5.74, 6) is 1.82. The Labute approximate surface area is 205 Å². The number of hydrogen-bond donors (Lipinski definition) is 4. The minimum absolute atomic E-state index is 0.140. The molecule has 0 radical (unpaired) electrons. The van der Waals surface area contributed by atoms with E-state index in [1.165, 1.54) is 19.4 Å². The number of nitrogens with zero attached hydrogens (tertiary/aromatic N) is 4. The van der Waals surface area contributed by atoms with Gasteiger partial charge in [-0.2, -0.15) is 4.98 Å². The molecule has 1 aliphatic rings. The molecule has 3 aromatic heterocycles. The van der Waals surface area contributed by atoms with Crippen LogP contribution >= 0.6 is 0 Å². The van der Waals surface area contributed by atoms with E-state index in [2.05, 4.69) is 30.6 Å². The quantitative estimate of drug-likeness (QED) is 0.307. The Morgan fingerprint density at radius 1 is 1.17 bits per heavy atom. The fourth-order valence-electron chi connectivity index (χ4n) is 3.88. The number of aromatic amines is 1. The van der Waals surface area contributed by atoms with Crippen LogP contribution in [0.5, 0.6) is 5.75 Å². The number of methoxy groups -OCH3 is 1. The lowest BCUT2D eigenvalue weighted by Gasteiger charge is -2.30. The molecule has 4 heterocycles. The fraction of sp³-hybridized carbons (Fsp3) is 0.217. The SMILES string of the molecule is COc1cc(Nc2nccc(Nc3cc4cccc(F)c4[nH]c3=O)n2)cnc1N1CCS(=N)(=O)CC1. The molecule has 0 atom stereocenters. The van der Waals surface area contributed by atoms with Crippen LogP contribution in [0.2, 0.25) is 0 Å². The first-order chi connectivity index (χ1) is 17.3. The highest BCUT2D eigenvalue weighted by molar-refractivity contribution is 7.92. The number of hydrogen-bond acceptors (Lipinski definition) is 10. The van der Waals surface area contributed by atoms with E-state index >= 15 is 0 Å². The fourth-order valence-corrected chi connectivity index (χ4v) is 5.11. The van der Waals surface area contributed by atoms with Gasteiger partial charge in [0.25, 0.3) is 5.56 Å². The van der Waals surface area contributed by atoms with Crippen LogP contribution in [0.3, 0.4) is 0 Å². The molecule has 1 saturated heterocycles. The summed E-state index contributed by atoms with van der Waals surface area (Å²) >= 11 is 0. The molecule has 1 aliphatic heterocycles. The van der Waals surface area contributed by atoms with E-state index in [4.69, 9.17) is 9.52 Å². The van der Waals surface area contributed by atoms with Gasteiger partial charge in [0.05, 0.1) is 24.5 Å². The number of benzene rings is 1. The van der Waals surface area contributed by atoms with Crippen molar-refractivity contribution >= 4 is 49.6 Å². The van der Waals surface area contributed by atoms with Gasteiger partial charge >= 0.3 is 0 Å². The first-order valence-corrected chi connectivity index (χ1v) is 12.9. The number of ether oxygens (including phenoxy) is 1. The molecule has 0 bridgehead atoms. The van der Waals surface area contributed by atoms with Crippen LogP contribution in [-0.4, -0.2) is 55.8 Å². The van der Waals surface area contributed by atoms with Crippen molar-refractivity contribution in [2.75, 3.05) is 47.2 Å². The lowest BCUT2D eigenvalue weighted by atomic mass is 10.2. The number of anilines is 5. The van der Waals surface area contributed by atoms with Gasteiger partial charge in [0.1, 0.15) is 17.3 Å². The van der Waals surface area contributed by atoms with Gasteiger partial charge in [-0.1, -0.05) is 12.1 Å². The average Bonchev–Trinajstić information content (AvgIpc) is 2.86. The molecule has 186 valence electrons. The van der Waals surface area contributed by atoms with E-state index in [0.717, 1.165) is 0 Å². The number of rotatable bonds is 6. The van der Waals surface area contributed by atoms with Gasteiger partial charge in [-0.3, -0.25) is 9.57 Å². The number of para-hydroxylation sites is 1. The zero-order valence-electron chi connectivity index (χ0n) is 19.2. The van der Waals surface area contributed by atoms with Crippen LogP contribution in [0.1, 0.15) is 0 Å². The number of aromatic nitrogens is 4. The average molecular weight is 511 g/mol. The summed E-state index contributed by atoms with van der Waals surface area (Å²) in [5.41, 5.74) is 0.446. The van der Waals surface area contributed by atoms with Crippen LogP contribution in [0.25, 0.3) is 10.9 Å². The van der Waals surface area contributed by atoms with Crippen LogP contribution in [-0.2, 0) is 9.73 Å². The molecule has 1 fully saturated rings. The van der Waals surface area contributed by atoms with E-state index in [-0.39, 0.29) is 17.2 Å². The molecule has 0 spiro atoms. The van der Waals surface area contributed by atoms with E-state index < -0.39 is 21.1 Å². The molecule has 4 aromatic rings. The van der Waals surface area contributed by atoms with E-state index in [0.29, 0.717) is 53.1 Å². The van der Waals surface area contributed by atoms with E-state index in [1.807, 2.05) is 4.90 Å². The maximum absolute atomic E-state index is 13.9. The van der Waals surface area contributed by atoms with Gasteiger partial charge in [-0.25, -0.2) is 18.6 Å². The minimum Gasteiger partial charge on any atom is -0.493 e. The second-order valence-electron chi connectivity index (χ2n) is 8.19. The molecule has 36 heavy (non-hydrogen) atoms. The topological polar surface area (TPSA) is 149 Å². The number of H-pyrrole nitrogens is 1. The molecule has 4 N–H and O–H groups in total. The van der Waals surface area contributed by atoms with Gasteiger partial charge in [0, 0.05) is 52.0 Å². The van der Waals surface area contributed by atoms with E-state index in [1.54, 1.807) is 36.5 Å². The third-order valence-electron chi connectivity index (χ3n) is 5.74. The maximum Gasteiger partial charge on any atom is 0.272 e. The summed E-state index contributed by atoms with van der Waals surface area (Å²) in [7, 11) is -0.980. The second-order valence-corrected chi connectivity index (χ2v) is 10.6. The van der Waals surface area contributed by atoms with Gasteiger partial charge in [-0.15, -0.1) is 0 Å². The second kappa shape index (κ2) is 9.41. The molecule has 0 aliphatic carbocycles. The Morgan fingerprint density at radius 2 is 1.97 bits per heavy atom. The minimum atomic E-state index is -2.52. The summed E-state index contributed by atoms with van der Waals surface area (Å²) in [6.45, 7) is 0.936. The van der Waals surface area contributed by atoms with Crippen molar-refractivity contribution in [1.82, 2.24) is 19.9 Å². The smallest absolute Gasteiger partial charge is 0.272 e. The van der Waals surface area contributed by atoms with Crippen molar-refractivity contribution in [3.63, 3.8) is 0 Å². The highest BCUT2D eigenvalue weighted by atomic mass is 32.2. The Kier molecular flexibility index (Phi) is 6.14. The summed E-state index contributed by atoms with van der Waals surface area (Å²) in [6, 6.07) is 9.46. The lowest BCUT2D eigenvalue weighted by Crippen LogP contribution is -2.40. The molecule has 5 rings (SSSR count). The van der Waals surface area contributed by atoms with Crippen LogP contribution in [0, 0.1) is 10.6 Å². The van der Waals surface area contributed by atoms with Gasteiger partial charge in [-0.05, 0) is 18.2 Å². The summed E-state index contributed by atoms with van der Waals surface area (Å²) in [5, 5.41) is 6.56. The van der Waals surface area contributed by atoms with Crippen molar-refractivity contribution in [2.24, 2.45) is 0 Å². The third kappa shape index (κ3) is 4.91. The summed E-state index contributed by atoms with van der Waals surface area (Å²) < 4.78 is 39.2. The Hall–Kier alpha value is -4.26. The molecule has 0 saturated carbocycles. The zero-order chi connectivity index (χ0) is 25.3. The van der Waals surface area contributed by atoms with Crippen molar-refractivity contribution in [3.8, 4) is 5.75 Å². The van der Waals surface area contributed by atoms with Gasteiger partial charge in [0.15, 0.2) is 11.6 Å². The van der Waals surface area contributed by atoms with Crippen molar-refractivity contribution in [2.45, 2.75) is 0 Å². The number of pyridine rings is 2. The normalized spacial score (nSPS) is 15.0. The van der Waals surface area contributed by atoms with Crippen LogP contribution < -0.4 is 25.8 Å². The molecule has 1 aromatic carbocycles. The Bertz CT molecular complexity index is 1600. The standard InChI is InChI=1S/C23H23FN8O3S/c1-35-18-12-15(13-27-21(18)32-7-9-36(25,34)10-8-32)28-23-26-6-5-19(30-23)29-17-11-14-3-2-4-16(24)20(14)31-22(17)33/h2-6,11-13,25H,7-10H2,1H3,(H,31,33)(H2,26,28,29,30). The van der Waals surface area contributed by atoms with Crippen molar-refractivity contribution < 1.29 is 13.3 Å². The highest BCUT2D eigenvalue weighted by Crippen LogP contribution is 2.30. The number of halogens is 1. The Morgan fingerprint density at radius 3 is 2.75 bits per heavy atom. The molecular formula is C23H23FN8O3S. The number of nitrogens with one attached hydrogen (secondary N) is 4. The third-order valence-corrected chi connectivity index (χ3v) is 7.42. The largest absolute Gasteiger partial charge is 0.493 e. The first-order valence-electron chi connectivity index (χ1n) is 11.0. The monoisotopic (exact) mass is 510 g/mol. The maximum atomic E-state index is 13.9. The van der Waals surface area contributed by atoms with E-state index in [9.17, 15) is 13.4 Å². The molecule has 13 heteroatoms. The lowest BCUT2D eigenvalue weighted by molar-refractivity contribution is 0.412. The molecule has 0 unspecified atom stereocenters.